The second-order valence-electron chi connectivity index (χ2n) is 16.3. The number of allylic oxidation sites excluding steroid dienone is 14. The lowest BCUT2D eigenvalue weighted by Crippen LogP contribution is -2.30. The van der Waals surface area contributed by atoms with Gasteiger partial charge in [-0.05, 0) is 103 Å². The highest BCUT2D eigenvalue weighted by atomic mass is 16.6. The van der Waals surface area contributed by atoms with Crippen molar-refractivity contribution in [1.29, 1.82) is 0 Å². The van der Waals surface area contributed by atoms with Gasteiger partial charge in [-0.3, -0.25) is 9.59 Å². The number of esters is 2. The predicted octanol–water partition coefficient (Wildman–Crippen LogP) is 16.9. The molecule has 0 bridgehead atoms. The van der Waals surface area contributed by atoms with Crippen LogP contribution in [0.2, 0.25) is 0 Å². The standard InChI is InChI=1S/C55H94O5/c1-4-7-10-13-16-19-22-25-27-29-32-35-38-41-44-47-50-58-51-53(60-55(57)49-46-43-40-37-34-30-24-21-18-15-12-9-6-3)52-59-54(56)48-45-42-39-36-33-31-28-26-23-20-17-14-11-8-5-2/h9,12,16,18-19,21,25-28,30,34,40,43,53H,4-8,10-11,13-15,17,20,22-24,29,31-33,35-39,41-42,44-52H2,1-3H3/b12-9-,19-16-,21-18-,27-25-,28-26-,34-30-,43-40-. The smallest absolute Gasteiger partial charge is 0.306 e. The highest BCUT2D eigenvalue weighted by Crippen LogP contribution is 2.12. The molecule has 1 unspecified atom stereocenters. The Morgan fingerprint density at radius 3 is 1.32 bits per heavy atom. The van der Waals surface area contributed by atoms with Gasteiger partial charge in [0.15, 0.2) is 6.10 Å². The minimum atomic E-state index is -0.586. The van der Waals surface area contributed by atoms with E-state index in [1.54, 1.807) is 0 Å². The molecule has 0 amide bonds. The van der Waals surface area contributed by atoms with Crippen LogP contribution in [0.1, 0.15) is 226 Å². The molecule has 0 rings (SSSR count). The largest absolute Gasteiger partial charge is 0.462 e. The molecule has 0 aliphatic carbocycles. The van der Waals surface area contributed by atoms with Gasteiger partial charge in [0.1, 0.15) is 6.61 Å². The molecule has 0 fully saturated rings. The molecule has 0 aliphatic rings. The van der Waals surface area contributed by atoms with Crippen molar-refractivity contribution in [1.82, 2.24) is 0 Å². The monoisotopic (exact) mass is 835 g/mol. The average molecular weight is 835 g/mol. The number of ether oxygens (including phenoxy) is 3. The van der Waals surface area contributed by atoms with E-state index in [1.165, 1.54) is 116 Å². The molecule has 0 aromatic carbocycles. The Kier molecular flexibility index (Phi) is 48.0. The summed E-state index contributed by atoms with van der Waals surface area (Å²) in [6, 6.07) is 0. The topological polar surface area (TPSA) is 61.8 Å². The lowest BCUT2D eigenvalue weighted by molar-refractivity contribution is -0.162. The second-order valence-corrected chi connectivity index (χ2v) is 16.3. The Bertz CT molecular complexity index is 1130. The number of hydrogen-bond donors (Lipinski definition) is 0. The lowest BCUT2D eigenvalue weighted by atomic mass is 10.1. The number of carbonyl (C=O) groups is 2. The van der Waals surface area contributed by atoms with Gasteiger partial charge in [0, 0.05) is 19.4 Å². The molecule has 0 saturated carbocycles. The van der Waals surface area contributed by atoms with Crippen LogP contribution in [0.5, 0.6) is 0 Å². The van der Waals surface area contributed by atoms with Gasteiger partial charge in [0.05, 0.1) is 6.61 Å². The van der Waals surface area contributed by atoms with Gasteiger partial charge in [-0.2, -0.15) is 0 Å². The molecular weight excluding hydrogens is 741 g/mol. The summed E-state index contributed by atoms with van der Waals surface area (Å²) in [4.78, 5) is 25.3. The van der Waals surface area contributed by atoms with E-state index >= 15 is 0 Å². The molecular formula is C55H94O5. The van der Waals surface area contributed by atoms with Gasteiger partial charge >= 0.3 is 11.9 Å². The average Bonchev–Trinajstić information content (AvgIpc) is 3.25. The summed E-state index contributed by atoms with van der Waals surface area (Å²) >= 11 is 0. The van der Waals surface area contributed by atoms with Crippen LogP contribution in [0.15, 0.2) is 85.1 Å². The van der Waals surface area contributed by atoms with Crippen molar-refractivity contribution in [2.75, 3.05) is 19.8 Å². The summed E-state index contributed by atoms with van der Waals surface area (Å²) in [5.74, 6) is -0.508. The molecule has 0 aromatic rings. The Morgan fingerprint density at radius 2 is 0.783 bits per heavy atom. The van der Waals surface area contributed by atoms with Crippen molar-refractivity contribution >= 4 is 11.9 Å². The zero-order chi connectivity index (χ0) is 43.5. The summed E-state index contributed by atoms with van der Waals surface area (Å²) in [5.41, 5.74) is 0. The highest BCUT2D eigenvalue weighted by Gasteiger charge is 2.17. The van der Waals surface area contributed by atoms with Crippen LogP contribution in [0.25, 0.3) is 0 Å². The highest BCUT2D eigenvalue weighted by molar-refractivity contribution is 5.70. The van der Waals surface area contributed by atoms with E-state index in [2.05, 4.69) is 99.8 Å². The summed E-state index contributed by atoms with van der Waals surface area (Å²) in [6.07, 6.45) is 66.0. The van der Waals surface area contributed by atoms with Gasteiger partial charge in [-0.15, -0.1) is 0 Å². The van der Waals surface area contributed by atoms with Gasteiger partial charge in [0.2, 0.25) is 0 Å². The minimum absolute atomic E-state index is 0.0450. The van der Waals surface area contributed by atoms with Crippen LogP contribution in [-0.2, 0) is 23.8 Å². The van der Waals surface area contributed by atoms with Gasteiger partial charge < -0.3 is 14.2 Å². The number of unbranched alkanes of at least 4 members (excludes halogenated alkanes) is 20. The molecule has 0 saturated heterocycles. The number of carbonyl (C=O) groups excluding carboxylic acids is 2. The first-order valence-electron chi connectivity index (χ1n) is 25.1. The van der Waals surface area contributed by atoms with Crippen LogP contribution in [-0.4, -0.2) is 37.9 Å². The van der Waals surface area contributed by atoms with Crippen LogP contribution in [0.4, 0.5) is 0 Å². The normalized spacial score (nSPS) is 12.9. The fourth-order valence-corrected chi connectivity index (χ4v) is 6.66. The molecule has 0 spiro atoms. The number of hydrogen-bond acceptors (Lipinski definition) is 5. The maximum Gasteiger partial charge on any atom is 0.306 e. The molecule has 60 heavy (non-hydrogen) atoms. The Balaban J connectivity index is 4.38. The third kappa shape index (κ3) is 47.8. The third-order valence-electron chi connectivity index (χ3n) is 10.4. The Labute approximate surface area is 371 Å². The fraction of sp³-hybridized carbons (Fsp3) is 0.709. The van der Waals surface area contributed by atoms with Crippen LogP contribution >= 0.6 is 0 Å². The Morgan fingerprint density at radius 1 is 0.383 bits per heavy atom. The summed E-state index contributed by atoms with van der Waals surface area (Å²) in [5, 5.41) is 0. The van der Waals surface area contributed by atoms with Crippen molar-refractivity contribution in [2.24, 2.45) is 0 Å². The molecule has 0 radical (unpaired) electrons. The summed E-state index contributed by atoms with van der Waals surface area (Å²) < 4.78 is 17.3. The molecule has 344 valence electrons. The van der Waals surface area contributed by atoms with E-state index in [4.69, 9.17) is 14.2 Å². The van der Waals surface area contributed by atoms with Crippen molar-refractivity contribution in [3.63, 3.8) is 0 Å². The molecule has 5 heteroatoms. The quantitative estimate of drug-likeness (QED) is 0.0347. The zero-order valence-corrected chi connectivity index (χ0v) is 39.5. The molecule has 0 aromatic heterocycles. The Hall–Kier alpha value is -2.92. The molecule has 1 atom stereocenters. The van der Waals surface area contributed by atoms with E-state index in [1.807, 2.05) is 6.08 Å². The SMILES string of the molecule is CC/C=C\C/C=C\C/C=C\C/C=C\CCC(=O)OC(COCCCCCCCC/C=C\C/C=C\CCCCC)COC(=O)CCCCCCC/C=C\CCCCCCCC. The molecule has 0 N–H and O–H groups in total. The second kappa shape index (κ2) is 50.4. The first-order valence-corrected chi connectivity index (χ1v) is 25.1. The molecule has 0 heterocycles. The van der Waals surface area contributed by atoms with E-state index in [-0.39, 0.29) is 25.2 Å². The van der Waals surface area contributed by atoms with Gasteiger partial charge in [-0.25, -0.2) is 0 Å². The van der Waals surface area contributed by atoms with E-state index in [0.29, 0.717) is 25.9 Å². The number of rotatable bonds is 45. The van der Waals surface area contributed by atoms with Crippen LogP contribution in [0.3, 0.4) is 0 Å². The predicted molar refractivity (Wildman–Crippen MR) is 260 cm³/mol. The van der Waals surface area contributed by atoms with Crippen molar-refractivity contribution in [3.8, 4) is 0 Å². The zero-order valence-electron chi connectivity index (χ0n) is 39.5. The van der Waals surface area contributed by atoms with Crippen LogP contribution in [0, 0.1) is 0 Å². The van der Waals surface area contributed by atoms with Crippen molar-refractivity contribution in [2.45, 2.75) is 232 Å². The first kappa shape index (κ1) is 57.1. The summed E-state index contributed by atoms with van der Waals surface area (Å²) in [7, 11) is 0. The van der Waals surface area contributed by atoms with Crippen molar-refractivity contribution < 1.29 is 23.8 Å². The third-order valence-corrected chi connectivity index (χ3v) is 10.4. The van der Waals surface area contributed by atoms with E-state index in [9.17, 15) is 9.59 Å². The minimum Gasteiger partial charge on any atom is -0.462 e. The van der Waals surface area contributed by atoms with Crippen molar-refractivity contribution in [3.05, 3.63) is 85.1 Å². The van der Waals surface area contributed by atoms with E-state index < -0.39 is 6.10 Å². The fourth-order valence-electron chi connectivity index (χ4n) is 6.66. The van der Waals surface area contributed by atoms with E-state index in [0.717, 1.165) is 70.6 Å². The lowest BCUT2D eigenvalue weighted by Gasteiger charge is -2.18. The summed E-state index contributed by atoms with van der Waals surface area (Å²) in [6.45, 7) is 7.57. The van der Waals surface area contributed by atoms with Crippen LogP contribution < -0.4 is 0 Å². The van der Waals surface area contributed by atoms with Gasteiger partial charge in [0.25, 0.3) is 0 Å². The maximum absolute atomic E-state index is 12.7. The van der Waals surface area contributed by atoms with Gasteiger partial charge in [-0.1, -0.05) is 196 Å². The maximum atomic E-state index is 12.7. The first-order chi connectivity index (χ1) is 29.6. The molecule has 5 nitrogen and oxygen atoms in total. The molecule has 0 aliphatic heterocycles.